The van der Waals surface area contributed by atoms with Gasteiger partial charge in [-0.05, 0) is 50.5 Å². The highest BCUT2D eigenvalue weighted by molar-refractivity contribution is 9.10. The summed E-state index contributed by atoms with van der Waals surface area (Å²) >= 11 is 3.41. The van der Waals surface area contributed by atoms with Crippen molar-refractivity contribution in [3.05, 3.63) is 34.1 Å². The predicted octanol–water partition coefficient (Wildman–Crippen LogP) is 3.20. The smallest absolute Gasteiger partial charge is 0.126 e. The third kappa shape index (κ3) is 4.01. The maximum absolute atomic E-state index is 13.7. The van der Waals surface area contributed by atoms with Crippen molar-refractivity contribution in [2.45, 2.75) is 32.2 Å². The third-order valence-corrected chi connectivity index (χ3v) is 4.48. The van der Waals surface area contributed by atoms with Crippen LogP contribution in [0.25, 0.3) is 0 Å². The minimum Gasteiger partial charge on any atom is -0.314 e. The van der Waals surface area contributed by atoms with Gasteiger partial charge in [-0.2, -0.15) is 0 Å². The van der Waals surface area contributed by atoms with Crippen LogP contribution in [0, 0.1) is 5.82 Å². The van der Waals surface area contributed by atoms with Gasteiger partial charge in [0.1, 0.15) is 5.82 Å². The molecule has 2 rings (SSSR count). The molecule has 0 saturated carbocycles. The van der Waals surface area contributed by atoms with Crippen molar-refractivity contribution in [2.75, 3.05) is 26.2 Å². The average molecular weight is 329 g/mol. The van der Waals surface area contributed by atoms with E-state index in [-0.39, 0.29) is 11.4 Å². The Hall–Kier alpha value is -0.450. The lowest BCUT2D eigenvalue weighted by atomic mass is 9.92. The number of piperazine rings is 1. The number of aryl methyl sites for hydroxylation is 1. The molecule has 1 aromatic rings. The van der Waals surface area contributed by atoms with E-state index in [1.54, 1.807) is 6.07 Å². The summed E-state index contributed by atoms with van der Waals surface area (Å²) in [4.78, 5) is 2.50. The molecule has 1 saturated heterocycles. The van der Waals surface area contributed by atoms with Gasteiger partial charge in [-0.25, -0.2) is 4.39 Å². The van der Waals surface area contributed by atoms with Crippen molar-refractivity contribution in [1.82, 2.24) is 10.2 Å². The highest BCUT2D eigenvalue weighted by Gasteiger charge is 2.27. The molecule has 0 radical (unpaired) electrons. The van der Waals surface area contributed by atoms with Crippen LogP contribution >= 0.6 is 15.9 Å². The first-order valence-corrected chi connectivity index (χ1v) is 7.68. The third-order valence-electron chi connectivity index (χ3n) is 3.99. The molecule has 0 amide bonds. The van der Waals surface area contributed by atoms with Crippen molar-refractivity contribution < 1.29 is 4.39 Å². The van der Waals surface area contributed by atoms with Crippen LogP contribution in [-0.2, 0) is 6.42 Å². The SMILES string of the molecule is CC(C)(CCc1cc(Br)ccc1F)N1CCNCC1. The first-order valence-electron chi connectivity index (χ1n) is 6.89. The normalized spacial score (nSPS) is 17.7. The molecule has 0 unspecified atom stereocenters. The van der Waals surface area contributed by atoms with Gasteiger partial charge in [0, 0.05) is 36.2 Å². The average Bonchev–Trinajstić information content (AvgIpc) is 2.41. The quantitative estimate of drug-likeness (QED) is 0.913. The topological polar surface area (TPSA) is 15.3 Å². The number of benzene rings is 1. The summed E-state index contributed by atoms with van der Waals surface area (Å²) < 4.78 is 14.7. The van der Waals surface area contributed by atoms with E-state index in [2.05, 4.69) is 40.0 Å². The zero-order chi connectivity index (χ0) is 13.9. The number of nitrogens with zero attached hydrogens (tertiary/aromatic N) is 1. The fourth-order valence-electron chi connectivity index (χ4n) is 2.60. The van der Waals surface area contributed by atoms with Gasteiger partial charge in [-0.1, -0.05) is 15.9 Å². The first-order chi connectivity index (χ1) is 8.99. The van der Waals surface area contributed by atoms with E-state index in [1.807, 2.05) is 6.07 Å². The van der Waals surface area contributed by atoms with Crippen molar-refractivity contribution in [1.29, 1.82) is 0 Å². The molecule has 1 fully saturated rings. The Bertz CT molecular complexity index is 428. The monoisotopic (exact) mass is 328 g/mol. The van der Waals surface area contributed by atoms with E-state index in [9.17, 15) is 4.39 Å². The lowest BCUT2D eigenvalue weighted by molar-refractivity contribution is 0.0957. The van der Waals surface area contributed by atoms with Gasteiger partial charge in [0.25, 0.3) is 0 Å². The van der Waals surface area contributed by atoms with Gasteiger partial charge in [-0.15, -0.1) is 0 Å². The lowest BCUT2D eigenvalue weighted by Gasteiger charge is -2.41. The molecule has 0 atom stereocenters. The maximum Gasteiger partial charge on any atom is 0.126 e. The van der Waals surface area contributed by atoms with Gasteiger partial charge in [0.05, 0.1) is 0 Å². The molecule has 1 heterocycles. The van der Waals surface area contributed by atoms with Gasteiger partial charge in [0.15, 0.2) is 0 Å². The summed E-state index contributed by atoms with van der Waals surface area (Å²) in [5.41, 5.74) is 0.925. The van der Waals surface area contributed by atoms with E-state index in [1.165, 1.54) is 6.07 Å². The van der Waals surface area contributed by atoms with Gasteiger partial charge in [-0.3, -0.25) is 4.90 Å². The molecule has 1 aliphatic heterocycles. The molecule has 19 heavy (non-hydrogen) atoms. The van der Waals surface area contributed by atoms with Crippen molar-refractivity contribution in [3.8, 4) is 0 Å². The molecule has 4 heteroatoms. The van der Waals surface area contributed by atoms with Crippen LogP contribution in [0.1, 0.15) is 25.8 Å². The van der Waals surface area contributed by atoms with Crippen LogP contribution in [0.3, 0.4) is 0 Å². The van der Waals surface area contributed by atoms with Crippen LogP contribution in [0.4, 0.5) is 4.39 Å². The molecule has 1 N–H and O–H groups in total. The van der Waals surface area contributed by atoms with Crippen molar-refractivity contribution in [2.24, 2.45) is 0 Å². The zero-order valence-electron chi connectivity index (χ0n) is 11.7. The van der Waals surface area contributed by atoms with Gasteiger partial charge in [0.2, 0.25) is 0 Å². The fraction of sp³-hybridized carbons (Fsp3) is 0.600. The van der Waals surface area contributed by atoms with Crippen LogP contribution in [0.2, 0.25) is 0 Å². The fourth-order valence-corrected chi connectivity index (χ4v) is 3.01. The van der Waals surface area contributed by atoms with E-state index in [4.69, 9.17) is 0 Å². The second kappa shape index (κ2) is 6.33. The van der Waals surface area contributed by atoms with Gasteiger partial charge < -0.3 is 5.32 Å². The summed E-state index contributed by atoms with van der Waals surface area (Å²) in [7, 11) is 0. The molecule has 2 nitrogen and oxygen atoms in total. The second-order valence-electron chi connectivity index (χ2n) is 5.79. The van der Waals surface area contributed by atoms with E-state index >= 15 is 0 Å². The van der Waals surface area contributed by atoms with Crippen LogP contribution in [-0.4, -0.2) is 36.6 Å². The number of nitrogens with one attached hydrogen (secondary N) is 1. The van der Waals surface area contributed by atoms with Gasteiger partial charge >= 0.3 is 0 Å². The lowest BCUT2D eigenvalue weighted by Crippen LogP contribution is -2.53. The van der Waals surface area contributed by atoms with E-state index < -0.39 is 0 Å². The summed E-state index contributed by atoms with van der Waals surface area (Å²) in [5, 5.41) is 3.37. The number of hydrogen-bond donors (Lipinski definition) is 1. The second-order valence-corrected chi connectivity index (χ2v) is 6.70. The minimum atomic E-state index is -0.0979. The molecule has 1 aromatic carbocycles. The molecule has 0 bridgehead atoms. The highest BCUT2D eigenvalue weighted by atomic mass is 79.9. The molecule has 0 aromatic heterocycles. The number of rotatable bonds is 4. The Kier molecular flexibility index (Phi) is 4.98. The number of halogens is 2. The van der Waals surface area contributed by atoms with Crippen molar-refractivity contribution >= 4 is 15.9 Å². The summed E-state index contributed by atoms with van der Waals surface area (Å²) in [6, 6.07) is 5.18. The molecular weight excluding hydrogens is 307 g/mol. The molecule has 0 aliphatic carbocycles. The Morgan fingerprint density at radius 3 is 2.68 bits per heavy atom. The van der Waals surface area contributed by atoms with E-state index in [0.29, 0.717) is 0 Å². The van der Waals surface area contributed by atoms with E-state index in [0.717, 1.165) is 49.1 Å². The summed E-state index contributed by atoms with van der Waals surface area (Å²) in [6.45, 7) is 8.77. The predicted molar refractivity (Wildman–Crippen MR) is 80.9 cm³/mol. The maximum atomic E-state index is 13.7. The Balaban J connectivity index is 1.98. The standard InChI is InChI=1S/C15H22BrFN2/c1-15(2,19-9-7-18-8-10-19)6-5-12-11-13(16)3-4-14(12)17/h3-4,11,18H,5-10H2,1-2H3. The first kappa shape index (κ1) is 14.9. The highest BCUT2D eigenvalue weighted by Crippen LogP contribution is 2.24. The summed E-state index contributed by atoms with van der Waals surface area (Å²) in [5.74, 6) is -0.0979. The molecule has 0 spiro atoms. The van der Waals surface area contributed by atoms with Crippen LogP contribution < -0.4 is 5.32 Å². The largest absolute Gasteiger partial charge is 0.314 e. The Morgan fingerprint density at radius 1 is 1.32 bits per heavy atom. The van der Waals surface area contributed by atoms with Crippen LogP contribution in [0.15, 0.2) is 22.7 Å². The molecule has 1 aliphatic rings. The number of hydrogen-bond acceptors (Lipinski definition) is 2. The van der Waals surface area contributed by atoms with Crippen LogP contribution in [0.5, 0.6) is 0 Å². The Morgan fingerprint density at radius 2 is 2.00 bits per heavy atom. The summed E-state index contributed by atoms with van der Waals surface area (Å²) in [6.07, 6.45) is 1.75. The molecular formula is C15H22BrFN2. The van der Waals surface area contributed by atoms with Crippen molar-refractivity contribution in [3.63, 3.8) is 0 Å². The minimum absolute atomic E-state index is 0.0979. The molecule has 106 valence electrons. The zero-order valence-corrected chi connectivity index (χ0v) is 13.3. The Labute approximate surface area is 123 Å².